The van der Waals surface area contributed by atoms with E-state index in [1.807, 2.05) is 37.4 Å². The van der Waals surface area contributed by atoms with Crippen molar-refractivity contribution in [2.75, 3.05) is 20.7 Å². The molecule has 0 unspecified atom stereocenters. The highest BCUT2D eigenvalue weighted by Gasteiger charge is 2.14. The van der Waals surface area contributed by atoms with Crippen LogP contribution in [0.3, 0.4) is 0 Å². The number of carbonyl (C=O) groups excluding carboxylic acids is 1. The minimum absolute atomic E-state index is 0.292. The Morgan fingerprint density at radius 3 is 2.20 bits per heavy atom. The van der Waals surface area contributed by atoms with E-state index in [9.17, 15) is 4.79 Å². The average molecular weight is 207 g/mol. The second kappa shape index (κ2) is 6.06. The van der Waals surface area contributed by atoms with E-state index in [0.29, 0.717) is 5.91 Å². The van der Waals surface area contributed by atoms with Crippen molar-refractivity contribution in [3.05, 3.63) is 30.3 Å². The van der Waals surface area contributed by atoms with Crippen LogP contribution in [0.1, 0.15) is 12.8 Å². The molecule has 82 valence electrons. The van der Waals surface area contributed by atoms with E-state index < -0.39 is 0 Å². The zero-order valence-electron chi connectivity index (χ0n) is 9.27. The molecule has 0 aliphatic carbocycles. The van der Waals surface area contributed by atoms with Gasteiger partial charge in [-0.25, -0.2) is 0 Å². The highest BCUT2D eigenvalue weighted by Crippen LogP contribution is 2.05. The summed E-state index contributed by atoms with van der Waals surface area (Å²) < 4.78 is 4.91. The van der Waals surface area contributed by atoms with Crippen molar-refractivity contribution in [3.8, 4) is 5.75 Å². The van der Waals surface area contributed by atoms with Gasteiger partial charge in [0.15, 0.2) is 0 Å². The molecule has 1 amide bonds. The number of benzene rings is 1. The average Bonchev–Trinajstić information content (AvgIpc) is 2.65. The largest absolute Gasteiger partial charge is 0.497 e. The Morgan fingerprint density at radius 1 is 1.27 bits per heavy atom. The molecule has 3 nitrogen and oxygen atoms in total. The van der Waals surface area contributed by atoms with E-state index in [4.69, 9.17) is 4.74 Å². The van der Waals surface area contributed by atoms with E-state index in [1.165, 1.54) is 0 Å². The van der Waals surface area contributed by atoms with Crippen LogP contribution < -0.4 is 4.74 Å². The molecule has 1 saturated heterocycles. The second-order valence-corrected chi connectivity index (χ2v) is 3.44. The minimum Gasteiger partial charge on any atom is -0.497 e. The first-order valence-electron chi connectivity index (χ1n) is 5.07. The van der Waals surface area contributed by atoms with Crippen LogP contribution >= 0.6 is 0 Å². The molecule has 0 N–H and O–H groups in total. The number of likely N-dealkylation sites (tertiary alicyclic amines) is 1. The molecule has 0 atom stereocenters. The molecular formula is C12H17NO2. The van der Waals surface area contributed by atoms with Gasteiger partial charge in [0.2, 0.25) is 5.91 Å². The molecule has 1 fully saturated rings. The maximum atomic E-state index is 10.5. The maximum absolute atomic E-state index is 10.5. The fourth-order valence-electron chi connectivity index (χ4n) is 1.34. The van der Waals surface area contributed by atoms with Crippen molar-refractivity contribution in [2.45, 2.75) is 12.8 Å². The lowest BCUT2D eigenvalue weighted by Crippen LogP contribution is -2.17. The third-order valence-corrected chi connectivity index (χ3v) is 2.29. The SMILES string of the molecule is CN1CCCC1=O.COc1ccccc1. The number of para-hydroxylation sites is 1. The van der Waals surface area contributed by atoms with Crippen LogP contribution in [0.5, 0.6) is 5.75 Å². The summed E-state index contributed by atoms with van der Waals surface area (Å²) in [5, 5.41) is 0. The smallest absolute Gasteiger partial charge is 0.222 e. The van der Waals surface area contributed by atoms with Crippen LogP contribution in [-0.4, -0.2) is 31.5 Å². The quantitative estimate of drug-likeness (QED) is 0.704. The summed E-state index contributed by atoms with van der Waals surface area (Å²) in [5.41, 5.74) is 0. The van der Waals surface area contributed by atoms with Gasteiger partial charge in [0.05, 0.1) is 7.11 Å². The van der Waals surface area contributed by atoms with Gasteiger partial charge in [0.1, 0.15) is 5.75 Å². The molecule has 0 spiro atoms. The van der Waals surface area contributed by atoms with Gasteiger partial charge in [-0.3, -0.25) is 4.79 Å². The van der Waals surface area contributed by atoms with Gasteiger partial charge in [-0.15, -0.1) is 0 Å². The van der Waals surface area contributed by atoms with Gasteiger partial charge < -0.3 is 9.64 Å². The van der Waals surface area contributed by atoms with Crippen molar-refractivity contribution in [1.29, 1.82) is 0 Å². The Labute approximate surface area is 90.7 Å². The fourth-order valence-corrected chi connectivity index (χ4v) is 1.34. The molecule has 3 heteroatoms. The summed E-state index contributed by atoms with van der Waals surface area (Å²) in [5.74, 6) is 1.20. The lowest BCUT2D eigenvalue weighted by Gasteiger charge is -2.03. The van der Waals surface area contributed by atoms with E-state index >= 15 is 0 Å². The number of amides is 1. The zero-order chi connectivity index (χ0) is 11.1. The van der Waals surface area contributed by atoms with Gasteiger partial charge in [-0.2, -0.15) is 0 Å². The summed E-state index contributed by atoms with van der Waals surface area (Å²) in [4.78, 5) is 12.3. The number of hydrogen-bond acceptors (Lipinski definition) is 2. The van der Waals surface area contributed by atoms with Crippen LogP contribution in [-0.2, 0) is 4.79 Å². The Hall–Kier alpha value is -1.51. The predicted octanol–water partition coefficient (Wildman–Crippen LogP) is 1.93. The highest BCUT2D eigenvalue weighted by molar-refractivity contribution is 5.77. The van der Waals surface area contributed by atoms with Gasteiger partial charge in [0.25, 0.3) is 0 Å². The molecule has 1 heterocycles. The molecule has 1 aromatic rings. The molecule has 0 radical (unpaired) electrons. The van der Waals surface area contributed by atoms with Gasteiger partial charge in [-0.05, 0) is 18.6 Å². The Bertz CT molecular complexity index is 298. The van der Waals surface area contributed by atoms with Crippen LogP contribution in [0.4, 0.5) is 0 Å². The second-order valence-electron chi connectivity index (χ2n) is 3.44. The normalized spacial score (nSPS) is 14.5. The van der Waals surface area contributed by atoms with E-state index in [1.54, 1.807) is 12.0 Å². The van der Waals surface area contributed by atoms with E-state index in [-0.39, 0.29) is 0 Å². The van der Waals surface area contributed by atoms with Crippen LogP contribution in [0.25, 0.3) is 0 Å². The zero-order valence-corrected chi connectivity index (χ0v) is 9.27. The maximum Gasteiger partial charge on any atom is 0.222 e. The first-order chi connectivity index (χ1) is 7.24. The topological polar surface area (TPSA) is 29.5 Å². The first-order valence-corrected chi connectivity index (χ1v) is 5.07. The Morgan fingerprint density at radius 2 is 1.93 bits per heavy atom. The number of nitrogens with zero attached hydrogens (tertiary/aromatic N) is 1. The molecule has 0 aromatic heterocycles. The summed E-state index contributed by atoms with van der Waals surface area (Å²) in [7, 11) is 3.50. The molecule has 0 bridgehead atoms. The standard InChI is InChI=1S/C7H8O.C5H9NO/c1-8-7-5-3-2-4-6-7;1-6-4-2-3-5(6)7/h2-6H,1H3;2-4H2,1H3. The fraction of sp³-hybridized carbons (Fsp3) is 0.417. The minimum atomic E-state index is 0.292. The van der Waals surface area contributed by atoms with Crippen molar-refractivity contribution in [1.82, 2.24) is 4.90 Å². The van der Waals surface area contributed by atoms with Gasteiger partial charge in [-0.1, -0.05) is 18.2 Å². The number of methoxy groups -OCH3 is 1. The van der Waals surface area contributed by atoms with Crippen molar-refractivity contribution >= 4 is 5.91 Å². The van der Waals surface area contributed by atoms with Crippen molar-refractivity contribution in [2.24, 2.45) is 0 Å². The molecular weight excluding hydrogens is 190 g/mol. The molecule has 1 aromatic carbocycles. The summed E-state index contributed by atoms with van der Waals surface area (Å²) in [6, 6.07) is 9.68. The predicted molar refractivity (Wildman–Crippen MR) is 59.9 cm³/mol. The molecule has 0 saturated carbocycles. The van der Waals surface area contributed by atoms with Crippen LogP contribution in [0.2, 0.25) is 0 Å². The van der Waals surface area contributed by atoms with Crippen molar-refractivity contribution in [3.63, 3.8) is 0 Å². The lowest BCUT2D eigenvalue weighted by molar-refractivity contribution is -0.126. The third-order valence-electron chi connectivity index (χ3n) is 2.29. The van der Waals surface area contributed by atoms with E-state index in [2.05, 4.69) is 0 Å². The summed E-state index contributed by atoms with van der Waals surface area (Å²) in [6.45, 7) is 0.957. The lowest BCUT2D eigenvalue weighted by atomic mass is 10.3. The molecule has 15 heavy (non-hydrogen) atoms. The number of carbonyl (C=O) groups is 1. The number of rotatable bonds is 1. The van der Waals surface area contributed by atoms with Crippen LogP contribution in [0.15, 0.2) is 30.3 Å². The molecule has 1 aliphatic rings. The highest BCUT2D eigenvalue weighted by atomic mass is 16.5. The monoisotopic (exact) mass is 207 g/mol. The molecule has 1 aliphatic heterocycles. The third kappa shape index (κ3) is 4.02. The summed E-state index contributed by atoms with van der Waals surface area (Å²) in [6.07, 6.45) is 1.81. The van der Waals surface area contributed by atoms with E-state index in [0.717, 1.165) is 25.1 Å². The first kappa shape index (κ1) is 11.6. The van der Waals surface area contributed by atoms with Gasteiger partial charge >= 0.3 is 0 Å². The summed E-state index contributed by atoms with van der Waals surface area (Å²) >= 11 is 0. The van der Waals surface area contributed by atoms with Crippen LogP contribution in [0, 0.1) is 0 Å². The number of ether oxygens (including phenoxy) is 1. The Balaban J connectivity index is 0.000000151. The van der Waals surface area contributed by atoms with Crippen molar-refractivity contribution < 1.29 is 9.53 Å². The van der Waals surface area contributed by atoms with Gasteiger partial charge in [0, 0.05) is 20.0 Å². The Kier molecular flexibility index (Phi) is 4.68. The molecule has 2 rings (SSSR count). The number of hydrogen-bond donors (Lipinski definition) is 0.